The summed E-state index contributed by atoms with van der Waals surface area (Å²) < 4.78 is 1.09. The number of nitrogens with zero attached hydrogens (tertiary/aromatic N) is 2. The topological polar surface area (TPSA) is 33.2 Å². The van der Waals surface area contributed by atoms with Gasteiger partial charge in [0, 0.05) is 5.56 Å². The van der Waals surface area contributed by atoms with E-state index in [1.54, 1.807) is 16.2 Å². The number of benzene rings is 4. The monoisotopic (exact) mass is 448 g/mol. The van der Waals surface area contributed by atoms with Crippen molar-refractivity contribution in [2.45, 2.75) is 19.9 Å². The lowest BCUT2D eigenvalue weighted by atomic mass is 10.0. The fourth-order valence-corrected chi connectivity index (χ4v) is 4.94. The molecule has 0 N–H and O–H groups in total. The van der Waals surface area contributed by atoms with E-state index in [2.05, 4.69) is 31.2 Å². The molecule has 1 amide bonds. The van der Waals surface area contributed by atoms with Gasteiger partial charge in [-0.3, -0.25) is 9.69 Å². The maximum atomic E-state index is 13.7. The predicted octanol–water partition coefficient (Wildman–Crippen LogP) is 7.04. The van der Waals surface area contributed by atoms with Crippen LogP contribution in [0.25, 0.3) is 10.2 Å². The third kappa shape index (κ3) is 4.86. The van der Waals surface area contributed by atoms with E-state index in [1.165, 1.54) is 16.7 Å². The molecule has 4 aromatic carbocycles. The molecule has 0 aliphatic carbocycles. The summed E-state index contributed by atoms with van der Waals surface area (Å²) in [6, 6.07) is 34.6. The van der Waals surface area contributed by atoms with Crippen LogP contribution in [-0.4, -0.2) is 10.9 Å². The second-order valence-corrected chi connectivity index (χ2v) is 9.21. The lowest BCUT2D eigenvalue weighted by Crippen LogP contribution is -2.30. The summed E-state index contributed by atoms with van der Waals surface area (Å²) in [7, 11) is 0. The van der Waals surface area contributed by atoms with Crippen molar-refractivity contribution >= 4 is 32.6 Å². The van der Waals surface area contributed by atoms with Crippen LogP contribution in [-0.2, 0) is 13.0 Å². The number of hydrogen-bond acceptors (Lipinski definition) is 3. The molecule has 0 saturated heterocycles. The standard InChI is InChI=1S/C29H24N2OS/c1-21-12-17-26-27(18-21)33-29(30-26)31(20-24-10-6-3-7-11-24)28(32)25-15-13-23(14-16-25)19-22-8-4-2-5-9-22/h2-18H,19-20H2,1H3. The number of hydrogen-bond donors (Lipinski definition) is 0. The van der Waals surface area contributed by atoms with E-state index in [4.69, 9.17) is 4.98 Å². The van der Waals surface area contributed by atoms with Gasteiger partial charge in [-0.2, -0.15) is 0 Å². The van der Waals surface area contributed by atoms with Crippen LogP contribution in [0, 0.1) is 6.92 Å². The summed E-state index contributed by atoms with van der Waals surface area (Å²) in [5.74, 6) is -0.0408. The van der Waals surface area contributed by atoms with Crippen molar-refractivity contribution in [2.75, 3.05) is 4.90 Å². The Morgan fingerprint density at radius 1 is 0.788 bits per heavy atom. The largest absolute Gasteiger partial charge is 0.279 e. The van der Waals surface area contributed by atoms with Crippen LogP contribution in [0.15, 0.2) is 103 Å². The molecular formula is C29H24N2OS. The number of fused-ring (bicyclic) bond motifs is 1. The third-order valence-corrected chi connectivity index (χ3v) is 6.69. The van der Waals surface area contributed by atoms with Crippen molar-refractivity contribution in [2.24, 2.45) is 0 Å². The molecule has 33 heavy (non-hydrogen) atoms. The van der Waals surface area contributed by atoms with Crippen LogP contribution < -0.4 is 4.90 Å². The first-order valence-electron chi connectivity index (χ1n) is 11.0. The SMILES string of the molecule is Cc1ccc2nc(N(Cc3ccccc3)C(=O)c3ccc(Cc4ccccc4)cc3)sc2c1. The van der Waals surface area contributed by atoms with Gasteiger partial charge in [0.1, 0.15) is 0 Å². The van der Waals surface area contributed by atoms with Crippen LogP contribution in [0.4, 0.5) is 5.13 Å². The van der Waals surface area contributed by atoms with E-state index < -0.39 is 0 Å². The lowest BCUT2D eigenvalue weighted by Gasteiger charge is -2.20. The van der Waals surface area contributed by atoms with Gasteiger partial charge in [-0.15, -0.1) is 0 Å². The van der Waals surface area contributed by atoms with Gasteiger partial charge in [-0.1, -0.05) is 90.2 Å². The molecule has 5 rings (SSSR count). The number of aryl methyl sites for hydroxylation is 1. The van der Waals surface area contributed by atoms with Gasteiger partial charge in [-0.25, -0.2) is 4.98 Å². The quantitative estimate of drug-likeness (QED) is 0.279. The summed E-state index contributed by atoms with van der Waals surface area (Å²) in [6.45, 7) is 2.55. The smallest absolute Gasteiger partial charge is 0.260 e. The second kappa shape index (κ2) is 9.39. The lowest BCUT2D eigenvalue weighted by molar-refractivity contribution is 0.0985. The Morgan fingerprint density at radius 3 is 2.12 bits per heavy atom. The number of carbonyl (C=O) groups excluding carboxylic acids is 1. The molecule has 4 heteroatoms. The number of amides is 1. The van der Waals surface area contributed by atoms with Crippen LogP contribution in [0.3, 0.4) is 0 Å². The maximum Gasteiger partial charge on any atom is 0.260 e. The highest BCUT2D eigenvalue weighted by molar-refractivity contribution is 7.22. The summed E-state index contributed by atoms with van der Waals surface area (Å²) in [4.78, 5) is 20.2. The fraction of sp³-hybridized carbons (Fsp3) is 0.103. The Morgan fingerprint density at radius 2 is 1.42 bits per heavy atom. The molecule has 1 heterocycles. The van der Waals surface area contributed by atoms with Crippen LogP contribution in [0.2, 0.25) is 0 Å². The first-order chi connectivity index (χ1) is 16.2. The summed E-state index contributed by atoms with van der Waals surface area (Å²) in [5.41, 5.74) is 6.28. The van der Waals surface area contributed by atoms with Crippen molar-refractivity contribution in [1.29, 1.82) is 0 Å². The first kappa shape index (κ1) is 21.1. The van der Waals surface area contributed by atoms with Gasteiger partial charge in [0.05, 0.1) is 16.8 Å². The average molecular weight is 449 g/mol. The van der Waals surface area contributed by atoms with E-state index >= 15 is 0 Å². The Bertz CT molecular complexity index is 1380. The molecule has 0 unspecified atom stereocenters. The second-order valence-electron chi connectivity index (χ2n) is 8.20. The van der Waals surface area contributed by atoms with E-state index in [9.17, 15) is 4.79 Å². The highest BCUT2D eigenvalue weighted by atomic mass is 32.1. The zero-order valence-corrected chi connectivity index (χ0v) is 19.3. The molecule has 0 aliphatic heterocycles. The number of aromatic nitrogens is 1. The Labute approximate surface area is 198 Å². The van der Waals surface area contributed by atoms with E-state index in [-0.39, 0.29) is 5.91 Å². The van der Waals surface area contributed by atoms with Gasteiger partial charge in [0.25, 0.3) is 5.91 Å². The van der Waals surface area contributed by atoms with Gasteiger partial charge >= 0.3 is 0 Å². The van der Waals surface area contributed by atoms with E-state index in [1.807, 2.05) is 78.9 Å². The molecule has 1 aromatic heterocycles. The van der Waals surface area contributed by atoms with E-state index in [0.29, 0.717) is 12.1 Å². The molecule has 0 bridgehead atoms. The average Bonchev–Trinajstić information content (AvgIpc) is 3.27. The summed E-state index contributed by atoms with van der Waals surface area (Å²) >= 11 is 1.56. The van der Waals surface area contributed by atoms with Gasteiger partial charge in [0.15, 0.2) is 5.13 Å². The number of anilines is 1. The summed E-state index contributed by atoms with van der Waals surface area (Å²) in [5, 5.41) is 0.720. The molecule has 0 fully saturated rings. The predicted molar refractivity (Wildman–Crippen MR) is 137 cm³/mol. The molecule has 3 nitrogen and oxygen atoms in total. The molecule has 0 atom stereocenters. The highest BCUT2D eigenvalue weighted by Gasteiger charge is 2.22. The maximum absolute atomic E-state index is 13.7. The Hall–Kier alpha value is -3.76. The molecular weight excluding hydrogens is 424 g/mol. The van der Waals surface area contributed by atoms with E-state index in [0.717, 1.165) is 27.3 Å². The molecule has 0 radical (unpaired) electrons. The first-order valence-corrected chi connectivity index (χ1v) is 11.8. The van der Waals surface area contributed by atoms with Gasteiger partial charge in [-0.05, 0) is 59.9 Å². The molecule has 5 aromatic rings. The normalized spacial score (nSPS) is 10.9. The highest BCUT2D eigenvalue weighted by Crippen LogP contribution is 2.31. The molecule has 162 valence electrons. The minimum atomic E-state index is -0.0408. The number of thiazole rings is 1. The van der Waals surface area contributed by atoms with Gasteiger partial charge < -0.3 is 0 Å². The van der Waals surface area contributed by atoms with Crippen molar-refractivity contribution in [3.05, 3.63) is 131 Å². The van der Waals surface area contributed by atoms with Crippen molar-refractivity contribution in [3.8, 4) is 0 Å². The Balaban J connectivity index is 1.45. The molecule has 0 saturated carbocycles. The van der Waals surface area contributed by atoms with Crippen LogP contribution >= 0.6 is 11.3 Å². The van der Waals surface area contributed by atoms with Crippen molar-refractivity contribution < 1.29 is 4.79 Å². The van der Waals surface area contributed by atoms with Crippen molar-refractivity contribution in [1.82, 2.24) is 4.98 Å². The van der Waals surface area contributed by atoms with Crippen molar-refractivity contribution in [3.63, 3.8) is 0 Å². The Kier molecular flexibility index (Phi) is 6.01. The molecule has 0 aliphatic rings. The third-order valence-electron chi connectivity index (χ3n) is 5.64. The number of carbonyl (C=O) groups is 1. The minimum Gasteiger partial charge on any atom is -0.279 e. The van der Waals surface area contributed by atoms with Crippen LogP contribution in [0.1, 0.15) is 32.6 Å². The fourth-order valence-electron chi connectivity index (χ4n) is 3.88. The van der Waals surface area contributed by atoms with Crippen LogP contribution in [0.5, 0.6) is 0 Å². The van der Waals surface area contributed by atoms with Gasteiger partial charge in [0.2, 0.25) is 0 Å². The molecule has 0 spiro atoms. The number of rotatable bonds is 6. The minimum absolute atomic E-state index is 0.0408. The zero-order valence-electron chi connectivity index (χ0n) is 18.4. The summed E-state index contributed by atoms with van der Waals surface area (Å²) in [6.07, 6.45) is 0.847. The zero-order chi connectivity index (χ0) is 22.6.